The summed E-state index contributed by atoms with van der Waals surface area (Å²) in [5.74, 6) is 0. The second-order valence-electron chi connectivity index (χ2n) is 6.44. The van der Waals surface area contributed by atoms with Crippen LogP contribution in [0.4, 0.5) is 0 Å². The number of benzene rings is 2. The average molecular weight is 306 g/mol. The summed E-state index contributed by atoms with van der Waals surface area (Å²) in [6, 6.07) is 16.3. The molecule has 1 saturated heterocycles. The molecule has 1 unspecified atom stereocenters. The number of β-amino-alcohol motifs (C(OH)–C–C–N with tert-alkyl or cyclic N) is 1. The van der Waals surface area contributed by atoms with Crippen molar-refractivity contribution in [2.24, 2.45) is 0 Å². The number of rotatable bonds is 3. The first-order chi connectivity index (χ1) is 11.3. The number of hydrogen-bond acceptors (Lipinski definition) is 3. The van der Waals surface area contributed by atoms with E-state index in [1.165, 1.54) is 19.3 Å². The highest BCUT2D eigenvalue weighted by Gasteiger charge is 2.20. The minimum absolute atomic E-state index is 0.481. The molecule has 3 aromatic rings. The number of fused-ring (bicyclic) bond motifs is 2. The van der Waals surface area contributed by atoms with E-state index in [4.69, 9.17) is 4.98 Å². The van der Waals surface area contributed by atoms with Gasteiger partial charge < -0.3 is 10.0 Å². The number of pyridine rings is 1. The van der Waals surface area contributed by atoms with Gasteiger partial charge in [-0.25, -0.2) is 4.98 Å². The lowest BCUT2D eigenvalue weighted by Gasteiger charge is -2.29. The molecule has 0 aliphatic carbocycles. The van der Waals surface area contributed by atoms with E-state index in [0.717, 1.165) is 40.5 Å². The lowest BCUT2D eigenvalue weighted by atomic mass is 9.97. The highest BCUT2D eigenvalue weighted by atomic mass is 16.3. The van der Waals surface area contributed by atoms with Crippen LogP contribution in [0.1, 0.15) is 30.9 Å². The largest absolute Gasteiger partial charge is 0.387 e. The summed E-state index contributed by atoms with van der Waals surface area (Å²) < 4.78 is 0. The van der Waals surface area contributed by atoms with E-state index in [0.29, 0.717) is 6.54 Å². The summed E-state index contributed by atoms with van der Waals surface area (Å²) in [6.45, 7) is 2.90. The summed E-state index contributed by atoms with van der Waals surface area (Å²) in [4.78, 5) is 7.13. The third-order valence-electron chi connectivity index (χ3n) is 4.84. The van der Waals surface area contributed by atoms with Crippen molar-refractivity contribution in [2.45, 2.75) is 25.4 Å². The van der Waals surface area contributed by atoms with Crippen molar-refractivity contribution in [1.29, 1.82) is 0 Å². The van der Waals surface area contributed by atoms with Crippen LogP contribution in [0.25, 0.3) is 21.8 Å². The molecule has 3 heteroatoms. The summed E-state index contributed by atoms with van der Waals surface area (Å²) in [7, 11) is 0. The Balaban J connectivity index is 1.81. The second-order valence-corrected chi connectivity index (χ2v) is 6.44. The van der Waals surface area contributed by atoms with Crippen molar-refractivity contribution < 1.29 is 5.11 Å². The quantitative estimate of drug-likeness (QED) is 0.745. The summed E-state index contributed by atoms with van der Waals surface area (Å²) in [5.41, 5.74) is 2.94. The molecule has 0 radical (unpaired) electrons. The minimum atomic E-state index is -0.481. The van der Waals surface area contributed by atoms with Gasteiger partial charge in [-0.1, -0.05) is 42.8 Å². The molecule has 2 heterocycles. The van der Waals surface area contributed by atoms with Gasteiger partial charge in [-0.3, -0.25) is 0 Å². The first-order valence-corrected chi connectivity index (χ1v) is 8.51. The molecule has 0 spiro atoms. The Labute approximate surface area is 136 Å². The molecular weight excluding hydrogens is 284 g/mol. The lowest BCUT2D eigenvalue weighted by Crippen LogP contribution is -2.33. The fourth-order valence-electron chi connectivity index (χ4n) is 3.71. The van der Waals surface area contributed by atoms with Crippen LogP contribution in [-0.2, 0) is 0 Å². The van der Waals surface area contributed by atoms with Gasteiger partial charge in [0.1, 0.15) is 0 Å². The van der Waals surface area contributed by atoms with Crippen LogP contribution in [0.5, 0.6) is 0 Å². The lowest BCUT2D eigenvalue weighted by molar-refractivity contribution is 0.103. The Morgan fingerprint density at radius 1 is 0.870 bits per heavy atom. The van der Waals surface area contributed by atoms with Crippen LogP contribution < -0.4 is 0 Å². The molecule has 4 rings (SSSR count). The van der Waals surface area contributed by atoms with Gasteiger partial charge in [0.15, 0.2) is 0 Å². The van der Waals surface area contributed by atoms with Crippen LogP contribution in [0.3, 0.4) is 0 Å². The Morgan fingerprint density at radius 2 is 1.43 bits per heavy atom. The maximum absolute atomic E-state index is 11.0. The smallest absolute Gasteiger partial charge is 0.0930 e. The van der Waals surface area contributed by atoms with Gasteiger partial charge in [-0.15, -0.1) is 0 Å². The van der Waals surface area contributed by atoms with Gasteiger partial charge in [0.2, 0.25) is 0 Å². The molecular formula is C20H22N2O. The zero-order chi connectivity index (χ0) is 15.6. The van der Waals surface area contributed by atoms with Crippen molar-refractivity contribution in [3.63, 3.8) is 0 Å². The zero-order valence-corrected chi connectivity index (χ0v) is 13.3. The molecule has 0 bridgehead atoms. The van der Waals surface area contributed by atoms with Gasteiger partial charge in [0.05, 0.1) is 17.1 Å². The molecule has 1 atom stereocenters. The third kappa shape index (κ3) is 2.82. The Morgan fingerprint density at radius 3 is 2.04 bits per heavy atom. The molecule has 2 aromatic carbocycles. The van der Waals surface area contributed by atoms with Crippen LogP contribution in [0.15, 0.2) is 48.5 Å². The SMILES string of the molecule is OC(CN1CCCCC1)c1c2ccccc2nc2ccccc12. The summed E-state index contributed by atoms with van der Waals surface area (Å²) in [6.07, 6.45) is 3.31. The maximum Gasteiger partial charge on any atom is 0.0930 e. The van der Waals surface area contributed by atoms with Crippen LogP contribution in [0.2, 0.25) is 0 Å². The first kappa shape index (κ1) is 14.6. The highest BCUT2D eigenvalue weighted by molar-refractivity contribution is 5.97. The predicted molar refractivity (Wildman–Crippen MR) is 94.5 cm³/mol. The average Bonchev–Trinajstić information content (AvgIpc) is 2.60. The monoisotopic (exact) mass is 306 g/mol. The van der Waals surface area contributed by atoms with E-state index in [1.807, 2.05) is 36.4 Å². The van der Waals surface area contributed by atoms with E-state index in [-0.39, 0.29) is 0 Å². The number of para-hydroxylation sites is 2. The van der Waals surface area contributed by atoms with E-state index in [1.54, 1.807) is 0 Å². The summed E-state index contributed by atoms with van der Waals surface area (Å²) >= 11 is 0. The molecule has 1 aromatic heterocycles. The Kier molecular flexibility index (Phi) is 3.98. The fraction of sp³-hybridized carbons (Fsp3) is 0.350. The van der Waals surface area contributed by atoms with E-state index in [2.05, 4.69) is 17.0 Å². The standard InChI is InChI=1S/C20H22N2O/c23-19(14-22-12-6-1-7-13-22)20-15-8-2-4-10-17(15)21-18-11-5-3-9-16(18)20/h2-5,8-11,19,23H,1,6-7,12-14H2. The number of likely N-dealkylation sites (tertiary alicyclic amines) is 1. The molecule has 0 saturated carbocycles. The number of hydrogen-bond donors (Lipinski definition) is 1. The number of aliphatic hydroxyl groups excluding tert-OH is 1. The van der Waals surface area contributed by atoms with Gasteiger partial charge >= 0.3 is 0 Å². The Hall–Kier alpha value is -1.97. The van der Waals surface area contributed by atoms with E-state index < -0.39 is 6.10 Å². The van der Waals surface area contributed by atoms with Crippen molar-refractivity contribution >= 4 is 21.8 Å². The van der Waals surface area contributed by atoms with Gasteiger partial charge in [0, 0.05) is 22.9 Å². The molecule has 1 N–H and O–H groups in total. The topological polar surface area (TPSA) is 36.4 Å². The van der Waals surface area contributed by atoms with Gasteiger partial charge in [-0.05, 0) is 38.1 Å². The van der Waals surface area contributed by atoms with Crippen molar-refractivity contribution in [1.82, 2.24) is 9.88 Å². The molecule has 1 fully saturated rings. The Bertz CT molecular complexity index is 770. The van der Waals surface area contributed by atoms with Crippen LogP contribution >= 0.6 is 0 Å². The second kappa shape index (κ2) is 6.26. The third-order valence-corrected chi connectivity index (χ3v) is 4.84. The van der Waals surface area contributed by atoms with Crippen LogP contribution in [-0.4, -0.2) is 34.6 Å². The number of aliphatic hydroxyl groups is 1. The maximum atomic E-state index is 11.0. The minimum Gasteiger partial charge on any atom is -0.387 e. The molecule has 23 heavy (non-hydrogen) atoms. The van der Waals surface area contributed by atoms with Gasteiger partial charge in [0.25, 0.3) is 0 Å². The van der Waals surface area contributed by atoms with E-state index in [9.17, 15) is 5.11 Å². The first-order valence-electron chi connectivity index (χ1n) is 8.51. The fourth-order valence-corrected chi connectivity index (χ4v) is 3.71. The highest BCUT2D eigenvalue weighted by Crippen LogP contribution is 2.31. The molecule has 3 nitrogen and oxygen atoms in total. The molecule has 0 amide bonds. The predicted octanol–water partition coefficient (Wildman–Crippen LogP) is 3.91. The normalized spacial score (nSPS) is 17.6. The van der Waals surface area contributed by atoms with E-state index >= 15 is 0 Å². The van der Waals surface area contributed by atoms with Crippen molar-refractivity contribution in [3.8, 4) is 0 Å². The molecule has 1 aliphatic heterocycles. The zero-order valence-electron chi connectivity index (χ0n) is 13.3. The van der Waals surface area contributed by atoms with Crippen molar-refractivity contribution in [2.75, 3.05) is 19.6 Å². The molecule has 1 aliphatic rings. The van der Waals surface area contributed by atoms with Crippen molar-refractivity contribution in [3.05, 3.63) is 54.1 Å². The number of nitrogens with zero attached hydrogens (tertiary/aromatic N) is 2. The van der Waals surface area contributed by atoms with Crippen LogP contribution in [0, 0.1) is 0 Å². The van der Waals surface area contributed by atoms with Gasteiger partial charge in [-0.2, -0.15) is 0 Å². The number of piperidine rings is 1. The molecule has 118 valence electrons. The number of aromatic nitrogens is 1. The summed E-state index contributed by atoms with van der Waals surface area (Å²) in [5, 5.41) is 13.1.